The summed E-state index contributed by atoms with van der Waals surface area (Å²) >= 11 is 11.5. The molecule has 1 N–H and O–H groups in total. The number of halogens is 2. The molecule has 2 rings (SSSR count). The van der Waals surface area contributed by atoms with Crippen LogP contribution in [0.3, 0.4) is 0 Å². The molecule has 4 heteroatoms. The predicted octanol–water partition coefficient (Wildman–Crippen LogP) is 6.00. The maximum atomic E-state index is 6.38. The van der Waals surface area contributed by atoms with E-state index in [9.17, 15) is 0 Å². The molecule has 0 saturated carbocycles. The molecule has 0 spiro atoms. The molecule has 0 aliphatic rings. The zero-order chi connectivity index (χ0) is 15.2. The molecule has 0 atom stereocenters. The zero-order valence-corrected chi connectivity index (χ0v) is 15.4. The minimum absolute atomic E-state index is 0.649. The normalized spacial score (nSPS) is 11.1. The van der Waals surface area contributed by atoms with Gasteiger partial charge in [0.2, 0.25) is 0 Å². The van der Waals surface area contributed by atoms with Crippen LogP contribution in [0.1, 0.15) is 19.4 Å². The number of benzene rings is 2. The Balaban J connectivity index is 1.99. The summed E-state index contributed by atoms with van der Waals surface area (Å²) in [5.41, 5.74) is 1.15. The van der Waals surface area contributed by atoms with Gasteiger partial charge >= 0.3 is 0 Å². The van der Waals surface area contributed by atoms with Crippen molar-refractivity contribution in [3.8, 4) is 0 Å². The van der Waals surface area contributed by atoms with Crippen molar-refractivity contribution in [3.63, 3.8) is 0 Å². The molecule has 0 radical (unpaired) electrons. The molecule has 0 amide bonds. The fourth-order valence-corrected chi connectivity index (χ4v) is 3.30. The summed E-state index contributed by atoms with van der Waals surface area (Å²) in [6.07, 6.45) is 0. The highest BCUT2D eigenvalue weighted by Gasteiger charge is 2.04. The molecule has 0 saturated heterocycles. The Hall–Kier alpha value is -0.480. The molecule has 0 aliphatic heterocycles. The van der Waals surface area contributed by atoms with Crippen LogP contribution in [0.4, 0.5) is 0 Å². The second-order valence-corrected chi connectivity index (χ2v) is 7.80. The van der Waals surface area contributed by atoms with E-state index in [1.165, 1.54) is 4.90 Å². The van der Waals surface area contributed by atoms with E-state index in [0.29, 0.717) is 5.92 Å². The highest BCUT2D eigenvalue weighted by atomic mass is 79.9. The Bertz CT molecular complexity index is 584. The Kier molecular flexibility index (Phi) is 6.62. The SMILES string of the molecule is CC(C)CNCc1ccc(Sc2ccc(Br)cc2)cc1Cl. The van der Waals surface area contributed by atoms with Gasteiger partial charge in [-0.25, -0.2) is 0 Å². The molecule has 0 bridgehead atoms. The highest BCUT2D eigenvalue weighted by molar-refractivity contribution is 9.10. The van der Waals surface area contributed by atoms with Gasteiger partial charge in [0.1, 0.15) is 0 Å². The van der Waals surface area contributed by atoms with Gasteiger partial charge in [0.05, 0.1) is 0 Å². The van der Waals surface area contributed by atoms with Crippen molar-refractivity contribution < 1.29 is 0 Å². The summed E-state index contributed by atoms with van der Waals surface area (Å²) in [6.45, 7) is 6.23. The lowest BCUT2D eigenvalue weighted by atomic mass is 10.2. The lowest BCUT2D eigenvalue weighted by Gasteiger charge is -2.10. The summed E-state index contributed by atoms with van der Waals surface area (Å²) < 4.78 is 1.09. The van der Waals surface area contributed by atoms with Gasteiger partial charge in [-0.05, 0) is 54.4 Å². The van der Waals surface area contributed by atoms with Crippen LogP contribution in [0, 0.1) is 5.92 Å². The first-order valence-corrected chi connectivity index (χ1v) is 8.96. The van der Waals surface area contributed by atoms with Crippen LogP contribution >= 0.6 is 39.3 Å². The van der Waals surface area contributed by atoms with Gasteiger partial charge < -0.3 is 5.32 Å². The van der Waals surface area contributed by atoms with Crippen molar-refractivity contribution in [2.24, 2.45) is 5.92 Å². The van der Waals surface area contributed by atoms with Gasteiger partial charge in [-0.1, -0.05) is 59.2 Å². The van der Waals surface area contributed by atoms with Crippen LogP contribution in [0.5, 0.6) is 0 Å². The van der Waals surface area contributed by atoms with Gasteiger partial charge in [-0.15, -0.1) is 0 Å². The quantitative estimate of drug-likeness (QED) is 0.655. The molecule has 2 aromatic carbocycles. The van der Waals surface area contributed by atoms with Crippen molar-refractivity contribution in [3.05, 3.63) is 57.5 Å². The molecule has 0 aromatic heterocycles. The molecule has 1 nitrogen and oxygen atoms in total. The van der Waals surface area contributed by atoms with Gasteiger partial charge in [-0.3, -0.25) is 0 Å². The van der Waals surface area contributed by atoms with Gasteiger partial charge in [0.15, 0.2) is 0 Å². The summed E-state index contributed by atoms with van der Waals surface area (Å²) in [5.74, 6) is 0.649. The maximum absolute atomic E-state index is 6.38. The lowest BCUT2D eigenvalue weighted by molar-refractivity contribution is 0.552. The molecule has 0 fully saturated rings. The largest absolute Gasteiger partial charge is 0.312 e. The first kappa shape index (κ1) is 16.9. The Morgan fingerprint density at radius 3 is 2.38 bits per heavy atom. The standard InChI is InChI=1S/C17H19BrClNS/c1-12(2)10-20-11-13-3-6-16(9-17(13)19)21-15-7-4-14(18)5-8-15/h3-9,12,20H,10-11H2,1-2H3. The van der Waals surface area contributed by atoms with E-state index in [-0.39, 0.29) is 0 Å². The fourth-order valence-electron chi connectivity index (χ4n) is 1.87. The Morgan fingerprint density at radius 1 is 1.10 bits per heavy atom. The second kappa shape index (κ2) is 8.23. The molecule has 0 heterocycles. The molecule has 0 unspecified atom stereocenters. The maximum Gasteiger partial charge on any atom is 0.0462 e. The average Bonchev–Trinajstić information content (AvgIpc) is 2.43. The van der Waals surface area contributed by atoms with Crippen molar-refractivity contribution in [1.29, 1.82) is 0 Å². The van der Waals surface area contributed by atoms with Gasteiger partial charge in [0, 0.05) is 25.8 Å². The number of nitrogens with one attached hydrogen (secondary N) is 1. The van der Waals surface area contributed by atoms with Crippen LogP contribution in [-0.2, 0) is 6.54 Å². The number of hydrogen-bond donors (Lipinski definition) is 1. The highest BCUT2D eigenvalue weighted by Crippen LogP contribution is 2.31. The predicted molar refractivity (Wildman–Crippen MR) is 96.3 cm³/mol. The van der Waals surface area contributed by atoms with E-state index < -0.39 is 0 Å². The van der Waals surface area contributed by atoms with E-state index in [2.05, 4.69) is 59.4 Å². The Morgan fingerprint density at radius 2 is 1.76 bits per heavy atom. The fraction of sp³-hybridized carbons (Fsp3) is 0.294. The smallest absolute Gasteiger partial charge is 0.0462 e. The monoisotopic (exact) mass is 383 g/mol. The summed E-state index contributed by atoms with van der Waals surface area (Å²) in [6, 6.07) is 14.6. The minimum atomic E-state index is 0.649. The zero-order valence-electron chi connectivity index (χ0n) is 12.2. The third-order valence-corrected chi connectivity index (χ3v) is 4.82. The molecule has 0 aliphatic carbocycles. The van der Waals surface area contributed by atoms with E-state index >= 15 is 0 Å². The van der Waals surface area contributed by atoms with E-state index in [1.807, 2.05) is 18.2 Å². The number of rotatable bonds is 6. The summed E-state index contributed by atoms with van der Waals surface area (Å²) in [5, 5.41) is 4.25. The van der Waals surface area contributed by atoms with Crippen molar-refractivity contribution in [2.75, 3.05) is 6.54 Å². The third kappa shape index (κ3) is 5.67. The van der Waals surface area contributed by atoms with E-state index in [0.717, 1.165) is 33.0 Å². The van der Waals surface area contributed by atoms with Crippen LogP contribution < -0.4 is 5.32 Å². The third-order valence-electron chi connectivity index (χ3n) is 2.94. The minimum Gasteiger partial charge on any atom is -0.312 e. The molecule has 2 aromatic rings. The van der Waals surface area contributed by atoms with Crippen molar-refractivity contribution >= 4 is 39.3 Å². The van der Waals surface area contributed by atoms with E-state index in [1.54, 1.807) is 11.8 Å². The first-order chi connectivity index (χ1) is 10.0. The van der Waals surface area contributed by atoms with Gasteiger partial charge in [0.25, 0.3) is 0 Å². The second-order valence-electron chi connectivity index (χ2n) is 5.33. The van der Waals surface area contributed by atoms with Crippen LogP contribution in [0.25, 0.3) is 0 Å². The number of hydrogen-bond acceptors (Lipinski definition) is 2. The van der Waals surface area contributed by atoms with Crippen molar-refractivity contribution in [2.45, 2.75) is 30.2 Å². The average molecular weight is 385 g/mol. The van der Waals surface area contributed by atoms with Gasteiger partial charge in [-0.2, -0.15) is 0 Å². The van der Waals surface area contributed by atoms with Crippen LogP contribution in [-0.4, -0.2) is 6.54 Å². The Labute approximate surface area is 144 Å². The molecule has 112 valence electrons. The molecular formula is C17H19BrClNS. The van der Waals surface area contributed by atoms with Crippen molar-refractivity contribution in [1.82, 2.24) is 5.32 Å². The summed E-state index contributed by atoms with van der Waals surface area (Å²) in [4.78, 5) is 2.37. The van der Waals surface area contributed by atoms with Crippen LogP contribution in [0.15, 0.2) is 56.7 Å². The molecule has 21 heavy (non-hydrogen) atoms. The topological polar surface area (TPSA) is 12.0 Å². The molecular weight excluding hydrogens is 366 g/mol. The summed E-state index contributed by atoms with van der Waals surface area (Å²) in [7, 11) is 0. The lowest BCUT2D eigenvalue weighted by Crippen LogP contribution is -2.19. The van der Waals surface area contributed by atoms with Crippen LogP contribution in [0.2, 0.25) is 5.02 Å². The first-order valence-electron chi connectivity index (χ1n) is 6.97. The van der Waals surface area contributed by atoms with E-state index in [4.69, 9.17) is 11.6 Å².